The molecule has 1 N–H and O–H groups in total. The summed E-state index contributed by atoms with van der Waals surface area (Å²) in [5.41, 5.74) is 0.992. The lowest BCUT2D eigenvalue weighted by atomic mass is 10.0. The highest BCUT2D eigenvalue weighted by Crippen LogP contribution is 2.11. The van der Waals surface area contributed by atoms with Crippen molar-refractivity contribution in [1.29, 1.82) is 0 Å². The summed E-state index contributed by atoms with van der Waals surface area (Å²) in [6.45, 7) is 3.96. The molecule has 0 aliphatic rings. The lowest BCUT2D eigenvalue weighted by Gasteiger charge is -2.08. The quantitative estimate of drug-likeness (QED) is 0.802. The zero-order valence-electron chi connectivity index (χ0n) is 11.1. The van der Waals surface area contributed by atoms with E-state index in [-0.39, 0.29) is 0 Å². The summed E-state index contributed by atoms with van der Waals surface area (Å²) in [4.78, 5) is 15.0. The average molecular weight is 280 g/mol. The highest BCUT2D eigenvalue weighted by atomic mass is 35.5. The van der Waals surface area contributed by atoms with Crippen LogP contribution in [0.4, 0.5) is 0 Å². The van der Waals surface area contributed by atoms with E-state index in [0.717, 1.165) is 5.56 Å². The number of halogens is 1. The zero-order valence-corrected chi connectivity index (χ0v) is 11.8. The maximum Gasteiger partial charge on any atom is 0.328 e. The minimum absolute atomic E-state index is 0.304. The third-order valence-electron chi connectivity index (χ3n) is 2.49. The first-order valence-electron chi connectivity index (χ1n) is 6.17. The monoisotopic (exact) mass is 279 g/mol. The summed E-state index contributed by atoms with van der Waals surface area (Å²) in [7, 11) is 0. The second-order valence-electron chi connectivity index (χ2n) is 4.69. The highest BCUT2D eigenvalue weighted by Gasteiger charge is 2.16. The molecule has 3 nitrogen and oxygen atoms in total. The molecule has 102 valence electrons. The molecule has 0 spiro atoms. The second kappa shape index (κ2) is 7.74. The van der Waals surface area contributed by atoms with Gasteiger partial charge in [-0.2, -0.15) is 0 Å². The third-order valence-corrected chi connectivity index (χ3v) is 2.74. The van der Waals surface area contributed by atoms with E-state index >= 15 is 0 Å². The number of hydrogen-bond donors (Lipinski definition) is 1. The van der Waals surface area contributed by atoms with Crippen molar-refractivity contribution in [2.45, 2.75) is 26.3 Å². The first-order valence-corrected chi connectivity index (χ1v) is 6.55. The van der Waals surface area contributed by atoms with Gasteiger partial charge < -0.3 is 5.11 Å². The Bertz CT molecular complexity index is 464. The van der Waals surface area contributed by atoms with Crippen molar-refractivity contribution in [3.63, 3.8) is 0 Å². The highest BCUT2D eigenvalue weighted by molar-refractivity contribution is 6.30. The molecule has 0 saturated heterocycles. The lowest BCUT2D eigenvalue weighted by molar-refractivity contribution is -0.138. The summed E-state index contributed by atoms with van der Waals surface area (Å²) in [6, 6.07) is 6.70. The summed E-state index contributed by atoms with van der Waals surface area (Å²) >= 11 is 5.78. The molecule has 0 amide bonds. The van der Waals surface area contributed by atoms with Gasteiger partial charge in [0, 0.05) is 11.2 Å². The minimum atomic E-state index is -0.884. The Kier molecular flexibility index (Phi) is 6.30. The van der Waals surface area contributed by atoms with Gasteiger partial charge in [0.15, 0.2) is 0 Å². The van der Waals surface area contributed by atoms with Gasteiger partial charge in [-0.25, -0.2) is 4.79 Å². The SMILES string of the molecule is CC(C)C[C@H](N=C/C=C/c1ccc(Cl)cc1)C(=O)O. The summed E-state index contributed by atoms with van der Waals surface area (Å²) < 4.78 is 0. The number of allylic oxidation sites excluding steroid dienone is 1. The van der Waals surface area contributed by atoms with Crippen LogP contribution in [0.2, 0.25) is 5.02 Å². The van der Waals surface area contributed by atoms with Crippen molar-refractivity contribution < 1.29 is 9.90 Å². The van der Waals surface area contributed by atoms with Crippen LogP contribution >= 0.6 is 11.6 Å². The van der Waals surface area contributed by atoms with Crippen LogP contribution in [0.5, 0.6) is 0 Å². The molecule has 0 unspecified atom stereocenters. The minimum Gasteiger partial charge on any atom is -0.480 e. The summed E-state index contributed by atoms with van der Waals surface area (Å²) in [5.74, 6) is -0.580. The van der Waals surface area contributed by atoms with Gasteiger partial charge in [0.25, 0.3) is 0 Å². The number of carbonyl (C=O) groups is 1. The number of nitrogens with zero attached hydrogens (tertiary/aromatic N) is 1. The molecule has 0 saturated carbocycles. The van der Waals surface area contributed by atoms with Crippen molar-refractivity contribution in [3.8, 4) is 0 Å². The number of benzene rings is 1. The molecule has 0 radical (unpaired) electrons. The Morgan fingerprint density at radius 1 is 1.37 bits per heavy atom. The largest absolute Gasteiger partial charge is 0.480 e. The predicted octanol–water partition coefficient (Wildman–Crippen LogP) is 3.92. The first kappa shape index (κ1) is 15.4. The molecule has 1 aromatic rings. The molecule has 0 heterocycles. The number of carboxylic acids is 1. The molecule has 1 rings (SSSR count). The van der Waals surface area contributed by atoms with Crippen LogP contribution in [0.25, 0.3) is 6.08 Å². The van der Waals surface area contributed by atoms with Crippen molar-refractivity contribution >= 4 is 29.9 Å². The van der Waals surface area contributed by atoms with Crippen molar-refractivity contribution in [2.75, 3.05) is 0 Å². The standard InChI is InChI=1S/C15H18ClNO2/c1-11(2)10-14(15(18)19)17-9-3-4-12-5-7-13(16)8-6-12/h3-9,11,14H,10H2,1-2H3,(H,18,19)/b4-3+,17-9?/t14-/m0/s1. The molecular weight excluding hydrogens is 262 g/mol. The lowest BCUT2D eigenvalue weighted by Crippen LogP contribution is -2.19. The second-order valence-corrected chi connectivity index (χ2v) is 5.13. The van der Waals surface area contributed by atoms with E-state index < -0.39 is 12.0 Å². The fourth-order valence-electron chi connectivity index (χ4n) is 1.55. The maximum atomic E-state index is 11.0. The molecule has 0 bridgehead atoms. The van der Waals surface area contributed by atoms with Crippen molar-refractivity contribution in [2.24, 2.45) is 10.9 Å². The summed E-state index contributed by atoms with van der Waals surface area (Å²) in [6.07, 6.45) is 5.67. The van der Waals surface area contributed by atoms with Crippen molar-refractivity contribution in [3.05, 3.63) is 40.9 Å². The van der Waals surface area contributed by atoms with E-state index in [4.69, 9.17) is 16.7 Å². The number of hydrogen-bond acceptors (Lipinski definition) is 2. The Labute approximate surface area is 118 Å². The van der Waals surface area contributed by atoms with Crippen LogP contribution in [0, 0.1) is 5.92 Å². The molecule has 0 aromatic heterocycles. The van der Waals surface area contributed by atoms with E-state index in [2.05, 4.69) is 4.99 Å². The number of rotatable bonds is 6. The molecule has 0 aliphatic heterocycles. The topological polar surface area (TPSA) is 49.7 Å². The summed E-state index contributed by atoms with van der Waals surface area (Å²) in [5, 5.41) is 9.71. The van der Waals surface area contributed by atoms with Crippen LogP contribution in [0.3, 0.4) is 0 Å². The molecular formula is C15H18ClNO2. The Morgan fingerprint density at radius 3 is 2.53 bits per heavy atom. The molecule has 19 heavy (non-hydrogen) atoms. The van der Waals surface area contributed by atoms with E-state index in [9.17, 15) is 4.79 Å². The van der Waals surface area contributed by atoms with Gasteiger partial charge in [-0.15, -0.1) is 0 Å². The fraction of sp³-hybridized carbons (Fsp3) is 0.333. The Morgan fingerprint density at radius 2 is 2.00 bits per heavy atom. The Balaban J connectivity index is 2.60. The van der Waals surface area contributed by atoms with Crippen LogP contribution in [-0.4, -0.2) is 23.3 Å². The predicted molar refractivity (Wildman–Crippen MR) is 79.9 cm³/mol. The van der Waals surface area contributed by atoms with Gasteiger partial charge in [-0.05, 0) is 36.1 Å². The molecule has 0 aliphatic carbocycles. The van der Waals surface area contributed by atoms with Gasteiger partial charge in [0.2, 0.25) is 0 Å². The molecule has 1 atom stereocenters. The van der Waals surface area contributed by atoms with E-state index in [0.29, 0.717) is 17.4 Å². The number of carboxylic acid groups (broad SMARTS) is 1. The number of aliphatic imine (C=N–C) groups is 1. The van der Waals surface area contributed by atoms with Gasteiger partial charge >= 0.3 is 5.97 Å². The van der Waals surface area contributed by atoms with Gasteiger partial charge in [0.1, 0.15) is 6.04 Å². The Hall–Kier alpha value is -1.61. The average Bonchev–Trinajstić information content (AvgIpc) is 2.34. The third kappa shape index (κ3) is 6.20. The molecule has 4 heteroatoms. The fourth-order valence-corrected chi connectivity index (χ4v) is 1.68. The van der Waals surface area contributed by atoms with Gasteiger partial charge in [-0.1, -0.05) is 43.7 Å². The number of aliphatic carboxylic acids is 1. The van der Waals surface area contributed by atoms with Crippen LogP contribution < -0.4 is 0 Å². The van der Waals surface area contributed by atoms with Crippen molar-refractivity contribution in [1.82, 2.24) is 0 Å². The molecule has 0 fully saturated rings. The van der Waals surface area contributed by atoms with Gasteiger partial charge in [0.05, 0.1) is 0 Å². The maximum absolute atomic E-state index is 11.0. The van der Waals surface area contributed by atoms with E-state index in [1.807, 2.05) is 32.1 Å². The zero-order chi connectivity index (χ0) is 14.3. The van der Waals surface area contributed by atoms with E-state index in [1.165, 1.54) is 6.21 Å². The van der Waals surface area contributed by atoms with Gasteiger partial charge in [-0.3, -0.25) is 4.99 Å². The normalized spacial score (nSPS) is 13.5. The first-order chi connectivity index (χ1) is 8.99. The van der Waals surface area contributed by atoms with Crippen LogP contribution in [-0.2, 0) is 4.79 Å². The van der Waals surface area contributed by atoms with Crippen LogP contribution in [0.1, 0.15) is 25.8 Å². The van der Waals surface area contributed by atoms with E-state index in [1.54, 1.807) is 18.2 Å². The molecule has 1 aromatic carbocycles. The van der Waals surface area contributed by atoms with Crippen LogP contribution in [0.15, 0.2) is 35.3 Å². The smallest absolute Gasteiger partial charge is 0.328 e.